The highest BCUT2D eigenvalue weighted by Gasteiger charge is 2.41. The molecule has 1 aliphatic rings. The highest BCUT2D eigenvalue weighted by Crippen LogP contribution is 2.38. The first-order valence-electron chi connectivity index (χ1n) is 14.3. The lowest BCUT2D eigenvalue weighted by atomic mass is 9.54. The van der Waals surface area contributed by atoms with Crippen molar-refractivity contribution in [3.63, 3.8) is 0 Å². The number of imidazole rings is 1. The molecule has 0 aliphatic carbocycles. The molecule has 5 nitrogen and oxygen atoms in total. The maximum Gasteiger partial charge on any atom is 0.378 e. The van der Waals surface area contributed by atoms with Gasteiger partial charge in [-0.05, 0) is 79.0 Å². The minimum absolute atomic E-state index is 0.0687. The Labute approximate surface area is 237 Å². The molecule has 0 saturated carbocycles. The van der Waals surface area contributed by atoms with Gasteiger partial charge in [-0.1, -0.05) is 58.0 Å². The number of hydrogen-bond donors (Lipinski definition) is 0. The van der Waals surface area contributed by atoms with Crippen molar-refractivity contribution in [1.29, 1.82) is 0 Å². The van der Waals surface area contributed by atoms with Crippen molar-refractivity contribution < 1.29 is 8.98 Å². The molecule has 4 heterocycles. The molecule has 202 valence electrons. The Morgan fingerprint density at radius 1 is 0.900 bits per heavy atom. The monoisotopic (exact) mass is 529 g/mol. The largest absolute Gasteiger partial charge is 0.439 e. The molecule has 5 aromatic rings. The van der Waals surface area contributed by atoms with Crippen LogP contribution in [0.2, 0.25) is 6.82 Å². The van der Waals surface area contributed by atoms with E-state index >= 15 is 0 Å². The molecule has 40 heavy (non-hydrogen) atoms. The average molecular weight is 530 g/mol. The average Bonchev–Trinajstić information content (AvgIpc) is 3.47. The number of rotatable bonds is 5. The number of anilines is 1. The fraction of sp³-hybridized carbons (Fsp3) is 0.294. The molecule has 1 aliphatic heterocycles. The third-order valence-corrected chi connectivity index (χ3v) is 8.23. The first-order valence-corrected chi connectivity index (χ1v) is 14.3. The van der Waals surface area contributed by atoms with Gasteiger partial charge in [-0.15, -0.1) is 0 Å². The van der Waals surface area contributed by atoms with E-state index in [9.17, 15) is 0 Å². The van der Waals surface area contributed by atoms with Gasteiger partial charge in [0.15, 0.2) is 0 Å². The molecule has 0 atom stereocenters. The summed E-state index contributed by atoms with van der Waals surface area (Å²) in [5, 5.41) is 1.08. The van der Waals surface area contributed by atoms with E-state index in [1.54, 1.807) is 0 Å². The van der Waals surface area contributed by atoms with Gasteiger partial charge in [0, 0.05) is 22.6 Å². The van der Waals surface area contributed by atoms with Crippen molar-refractivity contribution in [2.75, 3.05) is 4.81 Å². The zero-order valence-corrected chi connectivity index (χ0v) is 24.9. The minimum Gasteiger partial charge on any atom is -0.439 e. The summed E-state index contributed by atoms with van der Waals surface area (Å²) in [7, 11) is 2.14. The van der Waals surface area contributed by atoms with Crippen LogP contribution in [0.3, 0.4) is 0 Å². The zero-order chi connectivity index (χ0) is 28.3. The number of aromatic nitrogens is 3. The molecule has 0 unspecified atom stereocenters. The van der Waals surface area contributed by atoms with Crippen molar-refractivity contribution in [2.24, 2.45) is 7.05 Å². The molecule has 2 aromatic carbocycles. The van der Waals surface area contributed by atoms with Crippen LogP contribution in [0.1, 0.15) is 69.0 Å². The topological polar surface area (TPSA) is 38.1 Å². The number of hydrogen-bond acceptors (Lipinski definition) is 3. The third kappa shape index (κ3) is 4.17. The lowest BCUT2D eigenvalue weighted by Crippen LogP contribution is -2.53. The van der Waals surface area contributed by atoms with Crippen molar-refractivity contribution >= 4 is 35.4 Å². The summed E-state index contributed by atoms with van der Waals surface area (Å²) in [6, 6.07) is 19.7. The second-order valence-electron chi connectivity index (χ2n) is 11.8. The summed E-state index contributed by atoms with van der Waals surface area (Å²) in [5.41, 5.74) is 10.5. The Balaban J connectivity index is 1.57. The smallest absolute Gasteiger partial charge is 0.378 e. The van der Waals surface area contributed by atoms with Crippen LogP contribution in [0.25, 0.3) is 34.0 Å². The Morgan fingerprint density at radius 3 is 2.23 bits per heavy atom. The minimum atomic E-state index is 0.0687. The Morgan fingerprint density at radius 2 is 1.57 bits per heavy atom. The van der Waals surface area contributed by atoms with Crippen LogP contribution in [0.5, 0.6) is 0 Å². The van der Waals surface area contributed by atoms with E-state index in [0.29, 0.717) is 17.5 Å². The van der Waals surface area contributed by atoms with Crippen LogP contribution < -0.4 is 14.8 Å². The van der Waals surface area contributed by atoms with Gasteiger partial charge in [-0.3, -0.25) is 4.81 Å². The Kier molecular flexibility index (Phi) is 6.45. The lowest BCUT2D eigenvalue weighted by Gasteiger charge is -2.29. The molecular formula is C34H38BN4O+. The van der Waals surface area contributed by atoms with Gasteiger partial charge < -0.3 is 4.42 Å². The predicted octanol–water partition coefficient (Wildman–Crippen LogP) is 7.37. The van der Waals surface area contributed by atoms with E-state index in [4.69, 9.17) is 4.42 Å². The number of benzene rings is 2. The maximum absolute atomic E-state index is 6.25. The highest BCUT2D eigenvalue weighted by atomic mass is 16.3. The summed E-state index contributed by atoms with van der Waals surface area (Å²) in [5.74, 6) is 2.74. The van der Waals surface area contributed by atoms with Crippen molar-refractivity contribution in [2.45, 2.75) is 60.2 Å². The molecule has 0 saturated heterocycles. The van der Waals surface area contributed by atoms with Gasteiger partial charge in [0.25, 0.3) is 0 Å². The van der Waals surface area contributed by atoms with E-state index < -0.39 is 0 Å². The normalized spacial score (nSPS) is 13.5. The van der Waals surface area contributed by atoms with E-state index in [0.717, 1.165) is 28.5 Å². The lowest BCUT2D eigenvalue weighted by molar-refractivity contribution is -0.657. The highest BCUT2D eigenvalue weighted by molar-refractivity contribution is 6.79. The number of aryl methyl sites for hydroxylation is 2. The summed E-state index contributed by atoms with van der Waals surface area (Å²) in [4.78, 5) is 7.12. The number of allylic oxidation sites excluding steroid dienone is 1. The molecule has 0 fully saturated rings. The van der Waals surface area contributed by atoms with Gasteiger partial charge in [0.2, 0.25) is 5.71 Å². The van der Waals surface area contributed by atoms with Gasteiger partial charge in [-0.2, -0.15) is 0 Å². The molecule has 6 heteroatoms. The van der Waals surface area contributed by atoms with E-state index in [-0.39, 0.29) is 6.85 Å². The molecule has 0 amide bonds. The number of pyridine rings is 1. The fourth-order valence-corrected chi connectivity index (χ4v) is 6.24. The first kappa shape index (κ1) is 26.2. The third-order valence-electron chi connectivity index (χ3n) is 8.23. The van der Waals surface area contributed by atoms with Crippen LogP contribution in [-0.2, 0) is 7.05 Å². The van der Waals surface area contributed by atoms with Crippen LogP contribution in [0.4, 0.5) is 5.95 Å². The summed E-state index contributed by atoms with van der Waals surface area (Å²) < 4.78 is 10.9. The molecular weight excluding hydrogens is 491 g/mol. The summed E-state index contributed by atoms with van der Waals surface area (Å²) in [6.45, 7) is 15.7. The molecule has 6 rings (SSSR count). The standard InChI is InChI=1S/C34H38BN4O/c1-21(2)28-19-26(25-12-10-9-11-13-25)20-29(22(3)4)32(28)38-17-16-37(8)34(38)39-24(6)18-30-31(35(39)7)27-15-14-23(5)36-33(27)40-30/h9-22H,1-8H3/q+1. The fourth-order valence-electron chi connectivity index (χ4n) is 6.24. The van der Waals surface area contributed by atoms with E-state index in [1.807, 2.05) is 6.92 Å². The van der Waals surface area contributed by atoms with E-state index in [1.165, 1.54) is 33.4 Å². The van der Waals surface area contributed by atoms with Crippen molar-refractivity contribution in [1.82, 2.24) is 9.55 Å². The van der Waals surface area contributed by atoms with Gasteiger partial charge in [-0.25, -0.2) is 14.1 Å². The maximum atomic E-state index is 6.25. The molecule has 0 N–H and O–H groups in total. The number of furan rings is 1. The van der Waals surface area contributed by atoms with Gasteiger partial charge in [0.05, 0.1) is 18.9 Å². The molecule has 3 aromatic heterocycles. The van der Waals surface area contributed by atoms with Crippen LogP contribution in [-0.4, -0.2) is 16.4 Å². The molecule has 0 bridgehead atoms. The van der Waals surface area contributed by atoms with E-state index in [2.05, 4.69) is 140 Å². The van der Waals surface area contributed by atoms with Gasteiger partial charge in [0.1, 0.15) is 17.6 Å². The van der Waals surface area contributed by atoms with Crippen LogP contribution in [0.15, 0.2) is 77.1 Å². The quantitative estimate of drug-likeness (QED) is 0.176. The number of fused-ring (bicyclic) bond motifs is 3. The summed E-state index contributed by atoms with van der Waals surface area (Å²) in [6.07, 6.45) is 6.55. The first-order chi connectivity index (χ1) is 19.2. The Hall–Kier alpha value is -4.06. The summed E-state index contributed by atoms with van der Waals surface area (Å²) >= 11 is 0. The second-order valence-corrected chi connectivity index (χ2v) is 11.8. The van der Waals surface area contributed by atoms with Crippen molar-refractivity contribution in [3.8, 4) is 16.8 Å². The zero-order valence-electron chi connectivity index (χ0n) is 24.9. The van der Waals surface area contributed by atoms with Crippen LogP contribution in [0, 0.1) is 6.92 Å². The molecule has 0 spiro atoms. The van der Waals surface area contributed by atoms with Crippen molar-refractivity contribution in [3.05, 3.63) is 95.3 Å². The molecule has 0 radical (unpaired) electrons. The van der Waals surface area contributed by atoms with Crippen LogP contribution >= 0.6 is 0 Å². The second kappa shape index (κ2) is 9.85. The van der Waals surface area contributed by atoms with Gasteiger partial charge >= 0.3 is 12.8 Å². The Bertz CT molecular complexity index is 1730. The SMILES string of the molecule is CB1c2c(oc3nc(C)ccc23)C=C(C)N1c1n(-c2c(C(C)C)cc(-c3ccccc3)cc2C(C)C)cc[n+]1C. The number of nitrogens with zero attached hydrogens (tertiary/aromatic N) is 4. The predicted molar refractivity (Wildman–Crippen MR) is 167 cm³/mol.